The van der Waals surface area contributed by atoms with Gasteiger partial charge in [0.05, 0.1) is 19.9 Å². The van der Waals surface area contributed by atoms with Crippen LogP contribution in [0.5, 0.6) is 5.75 Å². The van der Waals surface area contributed by atoms with Crippen LogP contribution in [0.1, 0.15) is 39.3 Å². The minimum atomic E-state index is -0.804. The normalized spacial score (nSPS) is 14.7. The van der Waals surface area contributed by atoms with Crippen molar-refractivity contribution in [3.63, 3.8) is 0 Å². The van der Waals surface area contributed by atoms with Crippen LogP contribution in [0.15, 0.2) is 71.3 Å². The summed E-state index contributed by atoms with van der Waals surface area (Å²) in [7, 11) is 1.52. The molecule has 1 aliphatic heterocycles. The Kier molecular flexibility index (Phi) is 7.99. The van der Waals surface area contributed by atoms with E-state index in [2.05, 4.69) is 10.6 Å². The Morgan fingerprint density at radius 3 is 2.47 bits per heavy atom. The lowest BCUT2D eigenvalue weighted by atomic mass is 9.88. The van der Waals surface area contributed by atoms with Gasteiger partial charge in [0.25, 0.3) is 11.8 Å². The number of hydrogen-bond donors (Lipinski definition) is 2. The maximum atomic E-state index is 13.2. The molecule has 9 heteroatoms. The fourth-order valence-electron chi connectivity index (χ4n) is 4.29. The zero-order valence-corrected chi connectivity index (χ0v) is 19.9. The van der Waals surface area contributed by atoms with Crippen molar-refractivity contribution in [2.75, 3.05) is 20.2 Å². The van der Waals surface area contributed by atoms with Gasteiger partial charge in [-0.25, -0.2) is 4.39 Å². The maximum absolute atomic E-state index is 13.2. The molecule has 1 aliphatic rings. The van der Waals surface area contributed by atoms with E-state index in [1.807, 2.05) is 0 Å². The van der Waals surface area contributed by atoms with Gasteiger partial charge in [-0.2, -0.15) is 0 Å². The van der Waals surface area contributed by atoms with Crippen molar-refractivity contribution >= 4 is 17.7 Å². The third kappa shape index (κ3) is 6.10. The van der Waals surface area contributed by atoms with Gasteiger partial charge in [-0.05, 0) is 73.4 Å². The van der Waals surface area contributed by atoms with Gasteiger partial charge in [0.2, 0.25) is 5.91 Å². The lowest BCUT2D eigenvalue weighted by molar-refractivity contribution is -0.124. The third-order valence-electron chi connectivity index (χ3n) is 6.31. The first-order chi connectivity index (χ1) is 17.4. The topological polar surface area (TPSA) is 101 Å². The molecule has 0 saturated carbocycles. The predicted molar refractivity (Wildman–Crippen MR) is 130 cm³/mol. The van der Waals surface area contributed by atoms with E-state index in [1.54, 1.807) is 41.3 Å². The molecular formula is C27H28FN3O5. The number of nitrogens with zero attached hydrogens (tertiary/aromatic N) is 1. The molecule has 36 heavy (non-hydrogen) atoms. The molecule has 0 bridgehead atoms. The first-order valence-electron chi connectivity index (χ1n) is 11.7. The highest BCUT2D eigenvalue weighted by Crippen LogP contribution is 2.23. The molecular weight excluding hydrogens is 465 g/mol. The highest BCUT2D eigenvalue weighted by atomic mass is 19.1. The summed E-state index contributed by atoms with van der Waals surface area (Å²) >= 11 is 0. The largest absolute Gasteiger partial charge is 0.497 e. The van der Waals surface area contributed by atoms with Crippen molar-refractivity contribution in [2.45, 2.75) is 25.4 Å². The van der Waals surface area contributed by atoms with Gasteiger partial charge in [-0.15, -0.1) is 0 Å². The first kappa shape index (κ1) is 25.0. The van der Waals surface area contributed by atoms with Crippen molar-refractivity contribution in [1.82, 2.24) is 15.5 Å². The van der Waals surface area contributed by atoms with Crippen molar-refractivity contribution in [1.29, 1.82) is 0 Å². The summed E-state index contributed by atoms with van der Waals surface area (Å²) in [5.41, 5.74) is 0.788. The summed E-state index contributed by atoms with van der Waals surface area (Å²) in [6.45, 7) is 1.02. The smallest absolute Gasteiger partial charge is 0.253 e. The third-order valence-corrected chi connectivity index (χ3v) is 6.31. The Bertz CT molecular complexity index is 1190. The van der Waals surface area contributed by atoms with Crippen LogP contribution in [0.25, 0.3) is 0 Å². The minimum Gasteiger partial charge on any atom is -0.497 e. The average Bonchev–Trinajstić information content (AvgIpc) is 3.44. The number of likely N-dealkylation sites (tertiary alicyclic amines) is 1. The van der Waals surface area contributed by atoms with Gasteiger partial charge in [-0.1, -0.05) is 6.07 Å². The summed E-state index contributed by atoms with van der Waals surface area (Å²) in [6.07, 6.45) is 2.56. The molecule has 0 radical (unpaired) electrons. The number of carbonyl (C=O) groups excluding carboxylic acids is 3. The summed E-state index contributed by atoms with van der Waals surface area (Å²) in [5, 5.41) is 5.72. The van der Waals surface area contributed by atoms with Crippen LogP contribution >= 0.6 is 0 Å². The van der Waals surface area contributed by atoms with Crippen LogP contribution in [0, 0.1) is 11.7 Å². The van der Waals surface area contributed by atoms with E-state index < -0.39 is 17.8 Å². The quantitative estimate of drug-likeness (QED) is 0.501. The molecule has 1 saturated heterocycles. The monoisotopic (exact) mass is 493 g/mol. The van der Waals surface area contributed by atoms with Crippen molar-refractivity contribution in [2.24, 2.45) is 5.92 Å². The van der Waals surface area contributed by atoms with E-state index in [4.69, 9.17) is 9.15 Å². The summed E-state index contributed by atoms with van der Waals surface area (Å²) < 4.78 is 23.7. The van der Waals surface area contributed by atoms with E-state index >= 15 is 0 Å². The summed E-state index contributed by atoms with van der Waals surface area (Å²) in [5.74, 6) is -0.362. The molecule has 1 fully saturated rings. The molecule has 2 heterocycles. The fraction of sp³-hybridized carbons (Fsp3) is 0.296. The predicted octanol–water partition coefficient (Wildman–Crippen LogP) is 3.39. The van der Waals surface area contributed by atoms with E-state index in [0.29, 0.717) is 48.6 Å². The molecule has 1 unspecified atom stereocenters. The SMILES string of the molecule is COc1cccc(C(=O)NC(C(=O)NCc2ccco2)C2CCN(C(=O)c3ccc(F)cc3)CC2)c1. The molecule has 0 aliphatic carbocycles. The second kappa shape index (κ2) is 11.5. The van der Waals surface area contributed by atoms with Crippen molar-refractivity contribution in [3.8, 4) is 5.75 Å². The molecule has 4 rings (SSSR count). The Balaban J connectivity index is 1.44. The van der Waals surface area contributed by atoms with Crippen molar-refractivity contribution < 1.29 is 27.9 Å². The molecule has 8 nitrogen and oxygen atoms in total. The zero-order chi connectivity index (χ0) is 25.5. The Morgan fingerprint density at radius 1 is 1.06 bits per heavy atom. The van der Waals surface area contributed by atoms with E-state index in [0.717, 1.165) is 0 Å². The van der Waals surface area contributed by atoms with Crippen LogP contribution in [-0.4, -0.2) is 48.9 Å². The van der Waals surface area contributed by atoms with Crippen LogP contribution in [0.3, 0.4) is 0 Å². The number of hydrogen-bond acceptors (Lipinski definition) is 5. The molecule has 3 amide bonds. The number of ether oxygens (including phenoxy) is 1. The molecule has 2 aromatic carbocycles. The second-order valence-electron chi connectivity index (χ2n) is 8.62. The first-order valence-corrected chi connectivity index (χ1v) is 11.7. The van der Waals surface area contributed by atoms with Crippen LogP contribution in [0.4, 0.5) is 4.39 Å². The lowest BCUT2D eigenvalue weighted by Crippen LogP contribution is -2.53. The number of methoxy groups -OCH3 is 1. The lowest BCUT2D eigenvalue weighted by Gasteiger charge is -2.36. The molecule has 0 spiro atoms. The number of amides is 3. The second-order valence-corrected chi connectivity index (χ2v) is 8.62. The Hall–Kier alpha value is -4.14. The van der Waals surface area contributed by atoms with E-state index in [-0.39, 0.29) is 24.3 Å². The van der Waals surface area contributed by atoms with Gasteiger partial charge in [0.15, 0.2) is 0 Å². The number of furan rings is 1. The zero-order valence-electron chi connectivity index (χ0n) is 19.9. The van der Waals surface area contributed by atoms with E-state index in [1.165, 1.54) is 37.6 Å². The van der Waals surface area contributed by atoms with Gasteiger partial charge >= 0.3 is 0 Å². The fourth-order valence-corrected chi connectivity index (χ4v) is 4.29. The van der Waals surface area contributed by atoms with Gasteiger partial charge in [0, 0.05) is 24.2 Å². The number of nitrogens with one attached hydrogen (secondary N) is 2. The molecule has 1 aromatic heterocycles. The highest BCUT2D eigenvalue weighted by Gasteiger charge is 2.34. The molecule has 2 N–H and O–H groups in total. The molecule has 1 atom stereocenters. The van der Waals surface area contributed by atoms with Gasteiger partial charge < -0.3 is 24.7 Å². The molecule has 3 aromatic rings. The van der Waals surface area contributed by atoms with Crippen LogP contribution < -0.4 is 15.4 Å². The molecule has 188 valence electrons. The minimum absolute atomic E-state index is 0.187. The number of benzene rings is 2. The standard InChI is InChI=1S/C27H28FN3O5/c1-35-22-5-2-4-20(16-22)25(32)30-24(26(33)29-17-23-6-3-15-36-23)18-11-13-31(14-12-18)27(34)19-7-9-21(28)10-8-19/h2-10,15-16,18,24H,11-14,17H2,1H3,(H,29,33)(H,30,32). The highest BCUT2D eigenvalue weighted by molar-refractivity contribution is 5.98. The van der Waals surface area contributed by atoms with Crippen LogP contribution in [0.2, 0.25) is 0 Å². The number of carbonyl (C=O) groups is 3. The van der Waals surface area contributed by atoms with Gasteiger partial charge in [0.1, 0.15) is 23.4 Å². The van der Waals surface area contributed by atoms with Crippen LogP contribution in [-0.2, 0) is 11.3 Å². The van der Waals surface area contributed by atoms with Gasteiger partial charge in [-0.3, -0.25) is 14.4 Å². The maximum Gasteiger partial charge on any atom is 0.253 e. The number of piperidine rings is 1. The summed E-state index contributed by atoms with van der Waals surface area (Å²) in [6, 6.07) is 14.8. The summed E-state index contributed by atoms with van der Waals surface area (Å²) in [4.78, 5) is 40.7. The Morgan fingerprint density at radius 2 is 1.81 bits per heavy atom. The average molecular weight is 494 g/mol. The van der Waals surface area contributed by atoms with Crippen molar-refractivity contribution in [3.05, 3.63) is 89.6 Å². The Labute approximate surface area is 208 Å². The van der Waals surface area contributed by atoms with E-state index in [9.17, 15) is 18.8 Å². The number of halogens is 1. The number of rotatable bonds is 8.